The summed E-state index contributed by atoms with van der Waals surface area (Å²) in [5, 5.41) is 7.72. The summed E-state index contributed by atoms with van der Waals surface area (Å²) in [7, 11) is 0. The molecule has 3 heteroatoms. The van der Waals surface area contributed by atoms with Gasteiger partial charge in [0.1, 0.15) is 0 Å². The maximum atomic E-state index is 9.37. The first-order chi connectivity index (χ1) is 2.27. The van der Waals surface area contributed by atoms with E-state index in [1.807, 2.05) is 0 Å². The van der Waals surface area contributed by atoms with Crippen molar-refractivity contribution in [3.8, 4) is 0 Å². The van der Waals surface area contributed by atoms with Crippen LogP contribution in [-0.2, 0) is 31.0 Å². The first kappa shape index (κ1) is 9.61. The van der Waals surface area contributed by atoms with Crippen molar-refractivity contribution in [3.63, 3.8) is 0 Å². The molecular formula is C3H6O2Zr. The maximum absolute atomic E-state index is 9.37. The van der Waals surface area contributed by atoms with Crippen molar-refractivity contribution >= 4 is 5.97 Å². The normalized spacial score (nSPS) is 6.17. The minimum atomic E-state index is -0.745. The van der Waals surface area contributed by atoms with Crippen LogP contribution in [0.3, 0.4) is 0 Å². The zero-order valence-electron chi connectivity index (χ0n) is 3.56. The summed E-state index contributed by atoms with van der Waals surface area (Å²) in [5.41, 5.74) is 0. The van der Waals surface area contributed by atoms with Gasteiger partial charge in [-0.05, 0) is 0 Å². The molecule has 0 radical (unpaired) electrons. The van der Waals surface area contributed by atoms with E-state index in [2.05, 4.69) is 0 Å². The molecule has 0 unspecified atom stereocenters. The number of hydrogen-bond donors (Lipinski definition) is 1. The van der Waals surface area contributed by atoms with Crippen LogP contribution in [0.25, 0.3) is 0 Å². The quantitative estimate of drug-likeness (QED) is 0.613. The average molecular weight is 165 g/mol. The number of aliphatic carboxylic acids is 1. The Balaban J connectivity index is 0. The van der Waals surface area contributed by atoms with Crippen molar-refractivity contribution in [2.75, 3.05) is 0 Å². The monoisotopic (exact) mass is 164 g/mol. The minimum absolute atomic E-state index is 0. The van der Waals surface area contributed by atoms with Gasteiger partial charge < -0.3 is 5.11 Å². The van der Waals surface area contributed by atoms with Crippen molar-refractivity contribution in [2.24, 2.45) is 0 Å². The number of carbonyl (C=O) groups is 1. The third kappa shape index (κ3) is 8.84. The van der Waals surface area contributed by atoms with Gasteiger partial charge in [0.05, 0.1) is 0 Å². The predicted octanol–water partition coefficient (Wildman–Crippen LogP) is 0.478. The summed E-state index contributed by atoms with van der Waals surface area (Å²) in [6.45, 7) is 1.60. The Morgan fingerprint density at radius 1 is 1.83 bits per heavy atom. The molecule has 2 nitrogen and oxygen atoms in total. The fraction of sp³-hybridized carbons (Fsp3) is 0.667. The van der Waals surface area contributed by atoms with Crippen molar-refractivity contribution < 1.29 is 36.1 Å². The van der Waals surface area contributed by atoms with Crippen LogP contribution in [0.2, 0.25) is 0 Å². The Morgan fingerprint density at radius 2 is 2.00 bits per heavy atom. The third-order valence-electron chi connectivity index (χ3n) is 0.302. The van der Waals surface area contributed by atoms with E-state index in [0.29, 0.717) is 0 Å². The molecule has 0 amide bonds. The molecule has 0 rings (SSSR count). The zero-order valence-corrected chi connectivity index (χ0v) is 6.02. The van der Waals surface area contributed by atoms with E-state index in [1.165, 1.54) is 0 Å². The molecule has 0 aromatic carbocycles. The molecule has 0 saturated heterocycles. The van der Waals surface area contributed by atoms with Gasteiger partial charge in [-0.3, -0.25) is 4.79 Å². The van der Waals surface area contributed by atoms with Crippen LogP contribution in [0.4, 0.5) is 0 Å². The van der Waals surface area contributed by atoms with Crippen LogP contribution in [0.5, 0.6) is 0 Å². The van der Waals surface area contributed by atoms with E-state index < -0.39 is 5.97 Å². The molecule has 0 aliphatic carbocycles. The zero-order chi connectivity index (χ0) is 4.28. The minimum Gasteiger partial charge on any atom is -0.481 e. The van der Waals surface area contributed by atoms with Crippen LogP contribution in [-0.4, -0.2) is 11.1 Å². The average Bonchev–Trinajstić information content (AvgIpc) is 1.38. The smallest absolute Gasteiger partial charge is 0.303 e. The largest absolute Gasteiger partial charge is 0.481 e. The van der Waals surface area contributed by atoms with Crippen molar-refractivity contribution in [2.45, 2.75) is 13.3 Å². The molecule has 0 aliphatic heterocycles. The van der Waals surface area contributed by atoms with E-state index in [0.717, 1.165) is 0 Å². The van der Waals surface area contributed by atoms with Crippen LogP contribution in [0, 0.1) is 0 Å². The third-order valence-corrected chi connectivity index (χ3v) is 0.302. The molecule has 0 aliphatic rings. The summed E-state index contributed by atoms with van der Waals surface area (Å²) < 4.78 is 0. The number of rotatable bonds is 1. The van der Waals surface area contributed by atoms with E-state index in [-0.39, 0.29) is 32.6 Å². The molecule has 0 aromatic rings. The van der Waals surface area contributed by atoms with E-state index in [4.69, 9.17) is 5.11 Å². The fourth-order valence-corrected chi connectivity index (χ4v) is 0. The summed E-state index contributed by atoms with van der Waals surface area (Å²) in [5.74, 6) is -0.745. The molecule has 6 heavy (non-hydrogen) atoms. The van der Waals surface area contributed by atoms with Gasteiger partial charge in [-0.2, -0.15) is 0 Å². The second kappa shape index (κ2) is 5.35. The van der Waals surface area contributed by atoms with Gasteiger partial charge in [0.15, 0.2) is 0 Å². The molecule has 0 heterocycles. The molecule has 34 valence electrons. The Hall–Kier alpha value is 0.353. The van der Waals surface area contributed by atoms with Crippen LogP contribution < -0.4 is 0 Å². The van der Waals surface area contributed by atoms with Gasteiger partial charge in [-0.15, -0.1) is 0 Å². The van der Waals surface area contributed by atoms with Gasteiger partial charge in [0, 0.05) is 32.6 Å². The van der Waals surface area contributed by atoms with Crippen molar-refractivity contribution in [3.05, 3.63) is 0 Å². The number of hydrogen-bond acceptors (Lipinski definition) is 1. The number of carboxylic acids is 1. The Morgan fingerprint density at radius 3 is 2.00 bits per heavy atom. The first-order valence-corrected chi connectivity index (χ1v) is 1.49. The topological polar surface area (TPSA) is 37.3 Å². The first-order valence-electron chi connectivity index (χ1n) is 1.49. The Labute approximate surface area is 55.7 Å². The summed E-state index contributed by atoms with van der Waals surface area (Å²) in [6, 6.07) is 0. The van der Waals surface area contributed by atoms with Crippen molar-refractivity contribution in [1.29, 1.82) is 0 Å². The van der Waals surface area contributed by atoms with Gasteiger partial charge in [0.25, 0.3) is 0 Å². The number of carboxylic acid groups (broad SMARTS) is 1. The van der Waals surface area contributed by atoms with E-state index in [1.54, 1.807) is 6.92 Å². The maximum Gasteiger partial charge on any atom is 0.303 e. The van der Waals surface area contributed by atoms with E-state index >= 15 is 0 Å². The SMILES string of the molecule is CCC(=O)O.[Zr]. The standard InChI is InChI=1S/C3H6O2.Zr/c1-2-3(4)5;/h2H2,1H3,(H,4,5);. The fourth-order valence-electron chi connectivity index (χ4n) is 0. The second-order valence-electron chi connectivity index (χ2n) is 0.747. The molecule has 0 bridgehead atoms. The Kier molecular flexibility index (Phi) is 8.57. The molecule has 0 fully saturated rings. The molecule has 0 saturated carbocycles. The van der Waals surface area contributed by atoms with Gasteiger partial charge in [-0.1, -0.05) is 6.92 Å². The van der Waals surface area contributed by atoms with Gasteiger partial charge in [-0.25, -0.2) is 0 Å². The molecule has 0 spiro atoms. The summed E-state index contributed by atoms with van der Waals surface area (Å²) in [6.07, 6.45) is 0.222. The van der Waals surface area contributed by atoms with Crippen LogP contribution in [0.1, 0.15) is 13.3 Å². The van der Waals surface area contributed by atoms with Crippen LogP contribution in [0.15, 0.2) is 0 Å². The summed E-state index contributed by atoms with van der Waals surface area (Å²) in [4.78, 5) is 9.37. The molecule has 0 aromatic heterocycles. The van der Waals surface area contributed by atoms with E-state index in [9.17, 15) is 4.79 Å². The van der Waals surface area contributed by atoms with Crippen LogP contribution >= 0.6 is 0 Å². The molecular weight excluding hydrogens is 159 g/mol. The Bertz CT molecular complexity index is 44.1. The molecule has 1 N–H and O–H groups in total. The molecule has 0 atom stereocenters. The van der Waals surface area contributed by atoms with Gasteiger partial charge >= 0.3 is 5.97 Å². The summed E-state index contributed by atoms with van der Waals surface area (Å²) >= 11 is 0. The predicted molar refractivity (Wildman–Crippen MR) is 17.9 cm³/mol. The second-order valence-corrected chi connectivity index (χ2v) is 0.747. The van der Waals surface area contributed by atoms with Crippen molar-refractivity contribution in [1.82, 2.24) is 0 Å². The van der Waals surface area contributed by atoms with Gasteiger partial charge in [0.2, 0.25) is 0 Å².